The summed E-state index contributed by atoms with van der Waals surface area (Å²) in [4.78, 5) is 27.9. The normalized spacial score (nSPS) is 18.8. The summed E-state index contributed by atoms with van der Waals surface area (Å²) >= 11 is 0. The van der Waals surface area contributed by atoms with Crippen molar-refractivity contribution in [2.24, 2.45) is 0 Å². The molecule has 29 heavy (non-hydrogen) atoms. The first-order valence-electron chi connectivity index (χ1n) is 10.3. The summed E-state index contributed by atoms with van der Waals surface area (Å²) < 4.78 is 19.1. The van der Waals surface area contributed by atoms with Gasteiger partial charge in [0.1, 0.15) is 5.82 Å². The van der Waals surface area contributed by atoms with Gasteiger partial charge in [0.25, 0.3) is 5.91 Å². The van der Waals surface area contributed by atoms with Gasteiger partial charge in [-0.15, -0.1) is 0 Å². The number of halogens is 1. The second kappa shape index (κ2) is 7.97. The number of benzene rings is 2. The Kier molecular flexibility index (Phi) is 5.39. The molecule has 0 aromatic heterocycles. The summed E-state index contributed by atoms with van der Waals surface area (Å²) in [5, 5.41) is 0. The van der Waals surface area contributed by atoms with Gasteiger partial charge in [-0.05, 0) is 55.0 Å². The number of carbonyl (C=O) groups excluding carboxylic acids is 2. The van der Waals surface area contributed by atoms with E-state index in [1.807, 2.05) is 18.2 Å². The van der Waals surface area contributed by atoms with E-state index < -0.39 is 11.5 Å². The third-order valence-electron chi connectivity index (χ3n) is 6.32. The summed E-state index contributed by atoms with van der Waals surface area (Å²) in [7, 11) is 0. The van der Waals surface area contributed by atoms with Crippen LogP contribution in [0.3, 0.4) is 0 Å². The van der Waals surface area contributed by atoms with E-state index in [-0.39, 0.29) is 17.7 Å². The van der Waals surface area contributed by atoms with E-state index in [2.05, 4.69) is 6.07 Å². The highest BCUT2D eigenvalue weighted by atomic mass is 19.1. The van der Waals surface area contributed by atoms with Gasteiger partial charge in [-0.2, -0.15) is 0 Å². The molecule has 0 saturated heterocycles. The monoisotopic (exact) mass is 395 g/mol. The molecule has 0 bridgehead atoms. The highest BCUT2D eigenvalue weighted by Crippen LogP contribution is 2.42. The van der Waals surface area contributed by atoms with Crippen LogP contribution in [-0.4, -0.2) is 29.4 Å². The first kappa shape index (κ1) is 19.6. The van der Waals surface area contributed by atoms with Crippen LogP contribution >= 0.6 is 0 Å². The minimum atomic E-state index is -0.842. The van der Waals surface area contributed by atoms with Crippen LogP contribution in [0.4, 0.5) is 4.39 Å². The number of ether oxygens (including phenoxy) is 1. The maximum Gasteiger partial charge on any atom is 0.317 e. The van der Waals surface area contributed by atoms with E-state index in [0.29, 0.717) is 25.9 Å². The van der Waals surface area contributed by atoms with E-state index in [4.69, 9.17) is 4.74 Å². The largest absolute Gasteiger partial charge is 0.452 e. The van der Waals surface area contributed by atoms with Crippen molar-refractivity contribution < 1.29 is 18.7 Å². The Morgan fingerprint density at radius 3 is 2.38 bits per heavy atom. The lowest BCUT2D eigenvalue weighted by Crippen LogP contribution is -2.45. The lowest BCUT2D eigenvalue weighted by molar-refractivity contribution is -0.164. The maximum absolute atomic E-state index is 13.4. The van der Waals surface area contributed by atoms with E-state index in [0.717, 1.165) is 30.4 Å². The molecule has 1 aliphatic carbocycles. The van der Waals surface area contributed by atoms with Gasteiger partial charge in [0.15, 0.2) is 6.10 Å². The Morgan fingerprint density at radius 2 is 1.69 bits per heavy atom. The van der Waals surface area contributed by atoms with Gasteiger partial charge in [-0.1, -0.05) is 49.2 Å². The average molecular weight is 395 g/mol. The summed E-state index contributed by atoms with van der Waals surface area (Å²) in [5.41, 5.74) is 2.40. The number of hydrogen-bond acceptors (Lipinski definition) is 3. The molecule has 1 aliphatic heterocycles. The average Bonchev–Trinajstić information content (AvgIpc) is 3.24. The van der Waals surface area contributed by atoms with Gasteiger partial charge < -0.3 is 9.64 Å². The second-order valence-corrected chi connectivity index (χ2v) is 8.12. The van der Waals surface area contributed by atoms with Crippen LogP contribution in [0.2, 0.25) is 0 Å². The topological polar surface area (TPSA) is 46.6 Å². The lowest BCUT2D eigenvalue weighted by atomic mass is 9.79. The van der Waals surface area contributed by atoms with Crippen molar-refractivity contribution in [3.63, 3.8) is 0 Å². The number of rotatable bonds is 4. The summed E-state index contributed by atoms with van der Waals surface area (Å²) in [5.74, 6) is -0.871. The molecular formula is C24H26FNO3. The van der Waals surface area contributed by atoms with Crippen LogP contribution in [0, 0.1) is 5.82 Å². The zero-order valence-electron chi connectivity index (χ0n) is 16.7. The van der Waals surface area contributed by atoms with Gasteiger partial charge >= 0.3 is 5.97 Å². The highest BCUT2D eigenvalue weighted by Gasteiger charge is 2.45. The molecule has 2 aliphatic rings. The maximum atomic E-state index is 13.4. The molecule has 0 unspecified atom stereocenters. The second-order valence-electron chi connectivity index (χ2n) is 8.12. The molecule has 1 atom stereocenters. The van der Waals surface area contributed by atoms with E-state index in [9.17, 15) is 14.0 Å². The Balaban J connectivity index is 1.47. The molecule has 0 spiro atoms. The Labute approximate surface area is 170 Å². The number of esters is 1. The van der Waals surface area contributed by atoms with E-state index >= 15 is 0 Å². The van der Waals surface area contributed by atoms with Gasteiger partial charge in [-0.25, -0.2) is 4.39 Å². The molecule has 1 fully saturated rings. The number of hydrogen-bond donors (Lipinski definition) is 0. The third-order valence-corrected chi connectivity index (χ3v) is 6.32. The predicted octanol–water partition coefficient (Wildman–Crippen LogP) is 4.15. The molecule has 1 heterocycles. The predicted molar refractivity (Wildman–Crippen MR) is 108 cm³/mol. The van der Waals surface area contributed by atoms with Crippen LogP contribution in [0.25, 0.3) is 0 Å². The zero-order valence-corrected chi connectivity index (χ0v) is 16.7. The van der Waals surface area contributed by atoms with Crippen molar-refractivity contribution in [1.82, 2.24) is 4.90 Å². The molecule has 2 aromatic rings. The van der Waals surface area contributed by atoms with Gasteiger partial charge in [0.2, 0.25) is 0 Å². The fraction of sp³-hybridized carbons (Fsp3) is 0.417. The molecule has 1 saturated carbocycles. The molecule has 4 rings (SSSR count). The van der Waals surface area contributed by atoms with Crippen LogP contribution in [0.1, 0.15) is 49.3 Å². The lowest BCUT2D eigenvalue weighted by Gasteiger charge is -2.33. The first-order chi connectivity index (χ1) is 14.0. The van der Waals surface area contributed by atoms with Crippen molar-refractivity contribution in [2.75, 3.05) is 6.54 Å². The molecule has 5 heteroatoms. The summed E-state index contributed by atoms with van der Waals surface area (Å²) in [6.07, 6.45) is 3.12. The Bertz CT molecular complexity index is 903. The summed E-state index contributed by atoms with van der Waals surface area (Å²) in [6, 6.07) is 14.2. The van der Waals surface area contributed by atoms with Gasteiger partial charge in [0, 0.05) is 13.1 Å². The highest BCUT2D eigenvalue weighted by molar-refractivity contribution is 5.88. The minimum absolute atomic E-state index is 0.167. The standard InChI is InChI=1S/C24H26FNO3/c1-17(22(27)26-15-12-18-6-2-3-7-19(18)16-26)29-23(28)24(13-4-5-14-24)20-8-10-21(25)11-9-20/h2-3,6-11,17H,4-5,12-16H2,1H3/t17-/m1/s1. The molecular weight excluding hydrogens is 369 g/mol. The number of carbonyl (C=O) groups is 2. The SMILES string of the molecule is C[C@@H](OC(=O)C1(c2ccc(F)cc2)CCCC1)C(=O)N1CCc2ccccc2C1. The quantitative estimate of drug-likeness (QED) is 0.731. The van der Waals surface area contributed by atoms with Crippen molar-refractivity contribution in [3.05, 3.63) is 71.0 Å². The molecule has 2 aromatic carbocycles. The van der Waals surface area contributed by atoms with Crippen molar-refractivity contribution in [2.45, 2.75) is 57.1 Å². The van der Waals surface area contributed by atoms with Gasteiger partial charge in [0.05, 0.1) is 5.41 Å². The molecule has 0 radical (unpaired) electrons. The van der Waals surface area contributed by atoms with Gasteiger partial charge in [-0.3, -0.25) is 9.59 Å². The Morgan fingerprint density at radius 1 is 1.03 bits per heavy atom. The molecule has 1 amide bonds. The number of fused-ring (bicyclic) bond motifs is 1. The summed E-state index contributed by atoms with van der Waals surface area (Å²) in [6.45, 7) is 2.81. The molecule has 152 valence electrons. The number of amides is 1. The van der Waals surface area contributed by atoms with Crippen LogP contribution in [-0.2, 0) is 32.7 Å². The van der Waals surface area contributed by atoms with Crippen LogP contribution < -0.4 is 0 Å². The van der Waals surface area contributed by atoms with Crippen LogP contribution in [0.5, 0.6) is 0 Å². The molecule has 4 nitrogen and oxygen atoms in total. The third kappa shape index (κ3) is 3.78. The fourth-order valence-electron chi connectivity index (χ4n) is 4.62. The van der Waals surface area contributed by atoms with E-state index in [1.165, 1.54) is 17.7 Å². The molecule has 0 N–H and O–H groups in total. The van der Waals surface area contributed by atoms with Crippen molar-refractivity contribution in [1.29, 1.82) is 0 Å². The first-order valence-corrected chi connectivity index (χ1v) is 10.3. The van der Waals surface area contributed by atoms with E-state index in [1.54, 1.807) is 24.0 Å². The minimum Gasteiger partial charge on any atom is -0.452 e. The van der Waals surface area contributed by atoms with Crippen molar-refractivity contribution >= 4 is 11.9 Å². The number of nitrogens with zero attached hydrogens (tertiary/aromatic N) is 1. The smallest absolute Gasteiger partial charge is 0.317 e. The zero-order chi connectivity index (χ0) is 20.4. The Hall–Kier alpha value is -2.69. The van der Waals surface area contributed by atoms with Crippen molar-refractivity contribution in [3.8, 4) is 0 Å². The van der Waals surface area contributed by atoms with Crippen LogP contribution in [0.15, 0.2) is 48.5 Å². The fourth-order valence-corrected chi connectivity index (χ4v) is 4.62.